The van der Waals surface area contributed by atoms with Gasteiger partial charge in [0, 0.05) is 22.6 Å². The molecule has 0 spiro atoms. The van der Waals surface area contributed by atoms with E-state index < -0.39 is 0 Å². The second-order valence-corrected chi connectivity index (χ2v) is 8.93. The Balaban J connectivity index is 1.49. The van der Waals surface area contributed by atoms with Gasteiger partial charge in [0.2, 0.25) is 6.23 Å². The van der Waals surface area contributed by atoms with Crippen LogP contribution >= 0.6 is 11.6 Å². The molecule has 33 heavy (non-hydrogen) atoms. The molecule has 0 radical (unpaired) electrons. The average molecular weight is 463 g/mol. The number of benzene rings is 3. The predicted molar refractivity (Wildman–Crippen MR) is 130 cm³/mol. The quantitative estimate of drug-likeness (QED) is 0.405. The summed E-state index contributed by atoms with van der Waals surface area (Å²) in [6.45, 7) is 6.67. The number of ether oxygens (including phenoxy) is 3. The first-order valence-corrected chi connectivity index (χ1v) is 11.7. The lowest BCUT2D eigenvalue weighted by Crippen LogP contribution is -2.33. The van der Waals surface area contributed by atoms with Gasteiger partial charge in [0.15, 0.2) is 0 Å². The Hall–Kier alpha value is -3.18. The molecule has 2 aliphatic heterocycles. The minimum absolute atomic E-state index is 0.0469. The molecule has 5 nitrogen and oxygen atoms in total. The molecule has 0 fully saturated rings. The molecule has 2 aliphatic rings. The van der Waals surface area contributed by atoms with Crippen molar-refractivity contribution >= 4 is 17.3 Å². The fourth-order valence-electron chi connectivity index (χ4n) is 4.35. The smallest absolute Gasteiger partial charge is 0.213 e. The highest BCUT2D eigenvalue weighted by molar-refractivity contribution is 6.30. The zero-order valence-corrected chi connectivity index (χ0v) is 19.8. The normalized spacial score (nSPS) is 18.9. The molecule has 6 heteroatoms. The fourth-order valence-corrected chi connectivity index (χ4v) is 4.53. The number of nitrogens with zero attached hydrogens (tertiary/aromatic N) is 2. The molecule has 0 unspecified atom stereocenters. The number of hydrogen-bond acceptors (Lipinski definition) is 5. The van der Waals surface area contributed by atoms with Crippen molar-refractivity contribution in [2.75, 3.05) is 6.61 Å². The topological polar surface area (TPSA) is 43.3 Å². The van der Waals surface area contributed by atoms with E-state index in [-0.39, 0.29) is 18.4 Å². The number of hydrazone groups is 1. The van der Waals surface area contributed by atoms with Crippen LogP contribution in [0, 0.1) is 0 Å². The lowest BCUT2D eigenvalue weighted by atomic mass is 9.96. The van der Waals surface area contributed by atoms with Crippen LogP contribution in [0.5, 0.6) is 17.2 Å². The zero-order chi connectivity index (χ0) is 22.9. The molecule has 0 aliphatic carbocycles. The maximum Gasteiger partial charge on any atom is 0.213 e. The third-order valence-corrected chi connectivity index (χ3v) is 6.02. The summed E-state index contributed by atoms with van der Waals surface area (Å²) in [5.74, 6) is 2.55. The van der Waals surface area contributed by atoms with Crippen molar-refractivity contribution < 1.29 is 14.2 Å². The number of hydrogen-bond donors (Lipinski definition) is 0. The molecule has 3 aromatic carbocycles. The molecule has 0 saturated heterocycles. The van der Waals surface area contributed by atoms with Crippen LogP contribution in [0.15, 0.2) is 71.8 Å². The molecule has 2 atom stereocenters. The van der Waals surface area contributed by atoms with Gasteiger partial charge in [-0.25, -0.2) is 5.01 Å². The lowest BCUT2D eigenvalue weighted by Gasteiger charge is -2.38. The van der Waals surface area contributed by atoms with Crippen LogP contribution < -0.4 is 14.2 Å². The molecule has 170 valence electrons. The molecule has 3 aromatic rings. The predicted octanol–water partition coefficient (Wildman–Crippen LogP) is 6.77. The monoisotopic (exact) mass is 462 g/mol. The highest BCUT2D eigenvalue weighted by atomic mass is 35.5. The van der Waals surface area contributed by atoms with Gasteiger partial charge < -0.3 is 14.2 Å². The molecule has 0 aromatic heterocycles. The number of rotatable bonds is 6. The van der Waals surface area contributed by atoms with E-state index in [2.05, 4.69) is 17.1 Å². The largest absolute Gasteiger partial charge is 0.494 e. The maximum atomic E-state index is 6.44. The third-order valence-electron chi connectivity index (χ3n) is 5.79. The van der Waals surface area contributed by atoms with Gasteiger partial charge in [0.1, 0.15) is 17.2 Å². The molecule has 0 N–H and O–H groups in total. The first-order valence-electron chi connectivity index (χ1n) is 11.3. The Bertz CT molecular complexity index is 1160. The van der Waals surface area contributed by atoms with Gasteiger partial charge in [-0.1, -0.05) is 11.6 Å². The highest BCUT2D eigenvalue weighted by Gasteiger charge is 2.41. The summed E-state index contributed by atoms with van der Waals surface area (Å²) in [4.78, 5) is 0. The summed E-state index contributed by atoms with van der Waals surface area (Å²) >= 11 is 6.34. The second-order valence-electron chi connectivity index (χ2n) is 8.49. The van der Waals surface area contributed by atoms with Crippen LogP contribution in [-0.2, 0) is 0 Å². The third kappa shape index (κ3) is 4.38. The minimum Gasteiger partial charge on any atom is -0.494 e. The summed E-state index contributed by atoms with van der Waals surface area (Å²) < 4.78 is 17.8. The Labute approximate surface area is 199 Å². The summed E-state index contributed by atoms with van der Waals surface area (Å²) in [5.41, 5.74) is 4.18. The zero-order valence-electron chi connectivity index (χ0n) is 19.0. The van der Waals surface area contributed by atoms with Gasteiger partial charge in [0.05, 0.1) is 24.5 Å². The van der Waals surface area contributed by atoms with Crippen LogP contribution in [0.3, 0.4) is 0 Å². The highest BCUT2D eigenvalue weighted by Crippen LogP contribution is 2.48. The van der Waals surface area contributed by atoms with Crippen molar-refractivity contribution in [1.82, 2.24) is 5.01 Å². The summed E-state index contributed by atoms with van der Waals surface area (Å²) in [5, 5.41) is 7.78. The first kappa shape index (κ1) is 21.7. The lowest BCUT2D eigenvalue weighted by molar-refractivity contribution is -0.0190. The Morgan fingerprint density at radius 1 is 1.03 bits per heavy atom. The van der Waals surface area contributed by atoms with Crippen molar-refractivity contribution in [3.63, 3.8) is 0 Å². The Morgan fingerprint density at radius 3 is 2.45 bits per heavy atom. The van der Waals surface area contributed by atoms with Crippen molar-refractivity contribution in [2.45, 2.75) is 45.6 Å². The minimum atomic E-state index is -0.336. The van der Waals surface area contributed by atoms with E-state index in [1.807, 2.05) is 75.4 Å². The van der Waals surface area contributed by atoms with E-state index in [0.717, 1.165) is 46.1 Å². The standard InChI is InChI=1S/C27H27ClN2O3/c1-4-31-21-10-5-18(6-11-21)24-16-25-23-15-20(28)9-14-26(23)33-27(30(25)29-24)19-7-12-22(13-8-19)32-17(2)3/h5-15,17,25,27H,4,16H2,1-3H3/t25-,27-/m1/s1. The van der Waals surface area contributed by atoms with Crippen LogP contribution in [0.2, 0.25) is 5.02 Å². The SMILES string of the molecule is CCOc1ccc(C2=NN3[C@H](C2)c2cc(Cl)ccc2O[C@@H]3c2ccc(OC(C)C)cc2)cc1. The van der Waals surface area contributed by atoms with Gasteiger partial charge in [-0.3, -0.25) is 0 Å². The van der Waals surface area contributed by atoms with E-state index in [1.54, 1.807) is 0 Å². The van der Waals surface area contributed by atoms with E-state index in [1.165, 1.54) is 0 Å². The van der Waals surface area contributed by atoms with Crippen molar-refractivity contribution in [2.24, 2.45) is 5.10 Å². The first-order chi connectivity index (χ1) is 16.0. The van der Waals surface area contributed by atoms with E-state index in [0.29, 0.717) is 11.6 Å². The van der Waals surface area contributed by atoms with E-state index in [9.17, 15) is 0 Å². The summed E-state index contributed by atoms with van der Waals surface area (Å²) in [6, 6.07) is 22.0. The molecule has 0 saturated carbocycles. The van der Waals surface area contributed by atoms with Gasteiger partial charge in [-0.2, -0.15) is 5.10 Å². The van der Waals surface area contributed by atoms with Gasteiger partial charge >= 0.3 is 0 Å². The number of halogens is 1. The molecule has 0 amide bonds. The average Bonchev–Trinajstić information content (AvgIpc) is 3.25. The van der Waals surface area contributed by atoms with E-state index >= 15 is 0 Å². The Morgan fingerprint density at radius 2 is 1.76 bits per heavy atom. The fraction of sp³-hybridized carbons (Fsp3) is 0.296. The summed E-state index contributed by atoms with van der Waals surface area (Å²) in [7, 11) is 0. The van der Waals surface area contributed by atoms with Crippen LogP contribution in [-0.4, -0.2) is 23.4 Å². The van der Waals surface area contributed by atoms with Gasteiger partial charge in [0.25, 0.3) is 0 Å². The molecule has 5 rings (SSSR count). The van der Waals surface area contributed by atoms with Crippen LogP contribution in [0.1, 0.15) is 56.2 Å². The molecular formula is C27H27ClN2O3. The van der Waals surface area contributed by atoms with Crippen molar-refractivity contribution in [3.05, 3.63) is 88.4 Å². The molecular weight excluding hydrogens is 436 g/mol. The van der Waals surface area contributed by atoms with Gasteiger partial charge in [-0.15, -0.1) is 0 Å². The maximum absolute atomic E-state index is 6.44. The van der Waals surface area contributed by atoms with Crippen LogP contribution in [0.25, 0.3) is 0 Å². The molecule has 0 bridgehead atoms. The number of fused-ring (bicyclic) bond motifs is 3. The van der Waals surface area contributed by atoms with Crippen molar-refractivity contribution in [3.8, 4) is 17.2 Å². The summed E-state index contributed by atoms with van der Waals surface area (Å²) in [6.07, 6.45) is 0.565. The second kappa shape index (κ2) is 8.99. The van der Waals surface area contributed by atoms with Crippen LogP contribution in [0.4, 0.5) is 0 Å². The van der Waals surface area contributed by atoms with Crippen molar-refractivity contribution in [1.29, 1.82) is 0 Å². The molecule has 2 heterocycles. The van der Waals surface area contributed by atoms with Gasteiger partial charge in [-0.05, 0) is 93.1 Å². The Kier molecular flexibility index (Phi) is 5.90. The van der Waals surface area contributed by atoms with E-state index in [4.69, 9.17) is 30.9 Å².